The molecule has 1 aromatic rings. The number of hydrogen-bond acceptors (Lipinski definition) is 4. The minimum atomic E-state index is -0.952. The zero-order chi connectivity index (χ0) is 16.1. The Kier molecular flexibility index (Phi) is 5.54. The highest BCUT2D eigenvalue weighted by Crippen LogP contribution is 2.37. The summed E-state index contributed by atoms with van der Waals surface area (Å²) >= 11 is 1.46. The molecule has 0 saturated heterocycles. The van der Waals surface area contributed by atoms with Gasteiger partial charge in [-0.2, -0.15) is 0 Å². The molecule has 6 nitrogen and oxygen atoms in total. The van der Waals surface area contributed by atoms with E-state index in [1.54, 1.807) is 0 Å². The van der Waals surface area contributed by atoms with Crippen molar-refractivity contribution in [3.8, 4) is 0 Å². The minimum Gasteiger partial charge on any atom is -0.481 e. The molecule has 0 bridgehead atoms. The molecule has 7 heteroatoms. The van der Waals surface area contributed by atoms with E-state index in [1.807, 2.05) is 0 Å². The molecule has 0 unspecified atom stereocenters. The zero-order valence-electron chi connectivity index (χ0n) is 12.5. The second kappa shape index (κ2) is 7.40. The van der Waals surface area contributed by atoms with E-state index in [9.17, 15) is 14.4 Å². The number of amides is 2. The molecule has 0 aliphatic heterocycles. The summed E-state index contributed by atoms with van der Waals surface area (Å²) in [6, 6.07) is 0. The van der Waals surface area contributed by atoms with E-state index in [-0.39, 0.29) is 24.8 Å². The van der Waals surface area contributed by atoms with Crippen LogP contribution in [0, 0.1) is 0 Å². The van der Waals surface area contributed by atoms with Crippen molar-refractivity contribution in [1.82, 2.24) is 5.32 Å². The molecule has 120 valence electrons. The number of carbonyl (C=O) groups is 3. The van der Waals surface area contributed by atoms with Gasteiger partial charge < -0.3 is 15.7 Å². The van der Waals surface area contributed by atoms with E-state index in [1.165, 1.54) is 18.3 Å². The lowest BCUT2D eigenvalue weighted by Gasteiger charge is -2.08. The molecular weight excluding hydrogens is 304 g/mol. The highest BCUT2D eigenvalue weighted by atomic mass is 32.1. The predicted octanol–water partition coefficient (Wildman–Crippen LogP) is 2.18. The van der Waals surface area contributed by atoms with Crippen LogP contribution in [0.15, 0.2) is 0 Å². The topological polar surface area (TPSA) is 95.5 Å². The molecule has 0 saturated carbocycles. The average molecular weight is 324 g/mol. The maximum absolute atomic E-state index is 12.4. The summed E-state index contributed by atoms with van der Waals surface area (Å²) in [6.07, 6.45) is 4.89. The van der Waals surface area contributed by atoms with Crippen molar-refractivity contribution in [3.05, 3.63) is 16.0 Å². The molecule has 22 heavy (non-hydrogen) atoms. The zero-order valence-corrected chi connectivity index (χ0v) is 13.3. The molecule has 1 aliphatic carbocycles. The SMILES string of the molecule is CC(=O)Nc1sc2c(c1C(=O)NCCC(=O)O)CCCCC2. The standard InChI is InChI=1S/C15H20N2O4S/c1-9(18)17-15-13(14(21)16-8-7-12(19)20)10-5-3-2-4-6-11(10)22-15/h2-8H2,1H3,(H,16,21)(H,17,18)(H,19,20). The smallest absolute Gasteiger partial charge is 0.305 e. The third-order valence-corrected chi connectivity index (χ3v) is 4.77. The summed E-state index contributed by atoms with van der Waals surface area (Å²) in [5, 5.41) is 14.6. The van der Waals surface area contributed by atoms with Crippen LogP contribution in [0.4, 0.5) is 5.00 Å². The fraction of sp³-hybridized carbons (Fsp3) is 0.533. The number of rotatable bonds is 5. The summed E-state index contributed by atoms with van der Waals surface area (Å²) in [5.41, 5.74) is 1.53. The summed E-state index contributed by atoms with van der Waals surface area (Å²) in [5.74, 6) is -1.47. The Hall–Kier alpha value is -1.89. The van der Waals surface area contributed by atoms with E-state index in [2.05, 4.69) is 10.6 Å². The fourth-order valence-corrected chi connectivity index (χ4v) is 3.93. The van der Waals surface area contributed by atoms with Crippen LogP contribution in [-0.4, -0.2) is 29.4 Å². The number of anilines is 1. The second-order valence-corrected chi connectivity index (χ2v) is 6.45. The Morgan fingerprint density at radius 3 is 2.59 bits per heavy atom. The molecular formula is C15H20N2O4S. The van der Waals surface area contributed by atoms with Crippen molar-refractivity contribution in [2.24, 2.45) is 0 Å². The number of nitrogens with one attached hydrogen (secondary N) is 2. The quantitative estimate of drug-likeness (QED) is 0.723. The van der Waals surface area contributed by atoms with Gasteiger partial charge in [-0.25, -0.2) is 0 Å². The minimum absolute atomic E-state index is 0.0816. The molecule has 0 radical (unpaired) electrons. The van der Waals surface area contributed by atoms with E-state index < -0.39 is 5.97 Å². The highest BCUT2D eigenvalue weighted by molar-refractivity contribution is 7.17. The normalized spacial score (nSPS) is 13.9. The largest absolute Gasteiger partial charge is 0.481 e. The van der Waals surface area contributed by atoms with Gasteiger partial charge in [-0.05, 0) is 31.2 Å². The first-order valence-electron chi connectivity index (χ1n) is 7.41. The maximum Gasteiger partial charge on any atom is 0.305 e. The first-order chi connectivity index (χ1) is 10.5. The lowest BCUT2D eigenvalue weighted by atomic mass is 10.0. The van der Waals surface area contributed by atoms with Crippen molar-refractivity contribution in [2.75, 3.05) is 11.9 Å². The molecule has 1 heterocycles. The van der Waals surface area contributed by atoms with Crippen molar-refractivity contribution in [1.29, 1.82) is 0 Å². The van der Waals surface area contributed by atoms with Gasteiger partial charge in [0, 0.05) is 18.3 Å². The van der Waals surface area contributed by atoms with Crippen LogP contribution in [0.3, 0.4) is 0 Å². The van der Waals surface area contributed by atoms with Gasteiger partial charge in [0.2, 0.25) is 5.91 Å². The highest BCUT2D eigenvalue weighted by Gasteiger charge is 2.25. The number of carboxylic acids is 1. The predicted molar refractivity (Wildman–Crippen MR) is 84.5 cm³/mol. The van der Waals surface area contributed by atoms with Gasteiger partial charge in [-0.1, -0.05) is 6.42 Å². The molecule has 0 fully saturated rings. The Morgan fingerprint density at radius 1 is 1.18 bits per heavy atom. The first kappa shape index (κ1) is 16.5. The van der Waals surface area contributed by atoms with Gasteiger partial charge in [0.25, 0.3) is 5.91 Å². The van der Waals surface area contributed by atoms with E-state index in [0.29, 0.717) is 10.6 Å². The van der Waals surface area contributed by atoms with Gasteiger partial charge in [0.15, 0.2) is 0 Å². The molecule has 1 aromatic heterocycles. The number of aryl methyl sites for hydroxylation is 1. The van der Waals surface area contributed by atoms with Crippen LogP contribution >= 0.6 is 11.3 Å². The lowest BCUT2D eigenvalue weighted by molar-refractivity contribution is -0.136. The molecule has 0 atom stereocenters. The Balaban J connectivity index is 2.25. The summed E-state index contributed by atoms with van der Waals surface area (Å²) < 4.78 is 0. The summed E-state index contributed by atoms with van der Waals surface area (Å²) in [4.78, 5) is 35.5. The van der Waals surface area contributed by atoms with Crippen molar-refractivity contribution >= 4 is 34.1 Å². The number of aliphatic carboxylic acids is 1. The van der Waals surface area contributed by atoms with E-state index >= 15 is 0 Å². The number of carbonyl (C=O) groups excluding carboxylic acids is 2. The molecule has 2 rings (SSSR count). The van der Waals surface area contributed by atoms with Crippen molar-refractivity contribution in [2.45, 2.75) is 45.4 Å². The van der Waals surface area contributed by atoms with Crippen LogP contribution in [0.1, 0.15) is 53.4 Å². The molecule has 0 spiro atoms. The van der Waals surface area contributed by atoms with Crippen molar-refractivity contribution in [3.63, 3.8) is 0 Å². The van der Waals surface area contributed by atoms with Crippen LogP contribution in [0.2, 0.25) is 0 Å². The van der Waals surface area contributed by atoms with E-state index in [4.69, 9.17) is 5.11 Å². The summed E-state index contributed by atoms with van der Waals surface area (Å²) in [7, 11) is 0. The van der Waals surface area contributed by atoms with Crippen LogP contribution in [-0.2, 0) is 22.4 Å². The lowest BCUT2D eigenvalue weighted by Crippen LogP contribution is -2.27. The van der Waals surface area contributed by atoms with Crippen LogP contribution < -0.4 is 10.6 Å². The third-order valence-electron chi connectivity index (χ3n) is 3.56. The monoisotopic (exact) mass is 324 g/mol. The van der Waals surface area contributed by atoms with Gasteiger partial charge in [0.1, 0.15) is 5.00 Å². The molecule has 3 N–H and O–H groups in total. The molecule has 2 amide bonds. The molecule has 0 aromatic carbocycles. The summed E-state index contributed by atoms with van der Waals surface area (Å²) in [6.45, 7) is 1.50. The fourth-order valence-electron chi connectivity index (χ4n) is 2.60. The molecule has 1 aliphatic rings. The first-order valence-corrected chi connectivity index (χ1v) is 8.22. The third kappa shape index (κ3) is 4.07. The number of hydrogen-bond donors (Lipinski definition) is 3. The Bertz CT molecular complexity index is 595. The van der Waals surface area contributed by atoms with Gasteiger partial charge in [-0.3, -0.25) is 14.4 Å². The van der Waals surface area contributed by atoms with Crippen LogP contribution in [0.25, 0.3) is 0 Å². The van der Waals surface area contributed by atoms with Gasteiger partial charge in [0.05, 0.1) is 12.0 Å². The average Bonchev–Trinajstić information content (AvgIpc) is 2.60. The maximum atomic E-state index is 12.4. The number of thiophene rings is 1. The van der Waals surface area contributed by atoms with Gasteiger partial charge in [-0.15, -0.1) is 11.3 Å². The van der Waals surface area contributed by atoms with Crippen LogP contribution in [0.5, 0.6) is 0 Å². The Morgan fingerprint density at radius 2 is 1.91 bits per heavy atom. The Labute approximate surface area is 132 Å². The van der Waals surface area contributed by atoms with Crippen molar-refractivity contribution < 1.29 is 19.5 Å². The number of carboxylic acid groups (broad SMARTS) is 1. The number of fused-ring (bicyclic) bond motifs is 1. The second-order valence-electron chi connectivity index (χ2n) is 5.35. The van der Waals surface area contributed by atoms with Gasteiger partial charge >= 0.3 is 5.97 Å². The van der Waals surface area contributed by atoms with E-state index in [0.717, 1.165) is 42.5 Å².